The Morgan fingerprint density at radius 1 is 1.22 bits per heavy atom. The topological polar surface area (TPSA) is 82.1 Å². The van der Waals surface area contributed by atoms with Gasteiger partial charge in [0.25, 0.3) is 0 Å². The van der Waals surface area contributed by atoms with Crippen LogP contribution in [0.25, 0.3) is 0 Å². The highest BCUT2D eigenvalue weighted by atomic mass is 16.5. The molecule has 2 N–H and O–H groups in total. The summed E-state index contributed by atoms with van der Waals surface area (Å²) in [5.74, 6) is -0.503. The van der Waals surface area contributed by atoms with Gasteiger partial charge in [0, 0.05) is 39.3 Å². The van der Waals surface area contributed by atoms with Gasteiger partial charge in [0.2, 0.25) is 0 Å². The summed E-state index contributed by atoms with van der Waals surface area (Å²) in [6.45, 7) is 8.49. The second-order valence-corrected chi connectivity index (χ2v) is 7.04. The molecular formula is C16H29N3O4. The number of nitrogens with one attached hydrogen (secondary N) is 1. The summed E-state index contributed by atoms with van der Waals surface area (Å²) < 4.78 is 5.28. The Bertz CT molecular complexity index is 414. The van der Waals surface area contributed by atoms with E-state index in [1.54, 1.807) is 11.8 Å². The molecule has 132 valence electrons. The van der Waals surface area contributed by atoms with Crippen molar-refractivity contribution >= 4 is 11.8 Å². The molecule has 0 saturated carbocycles. The maximum absolute atomic E-state index is 12.1. The van der Waals surface area contributed by atoms with Crippen LogP contribution in [0.2, 0.25) is 0 Å². The van der Waals surface area contributed by atoms with Crippen LogP contribution in [0, 0.1) is 5.92 Å². The van der Waals surface area contributed by atoms with Crippen molar-refractivity contribution in [3.05, 3.63) is 0 Å². The molecule has 2 aliphatic rings. The fourth-order valence-electron chi connectivity index (χ4n) is 3.00. The van der Waals surface area contributed by atoms with E-state index < -0.39 is 17.4 Å². The quantitative estimate of drug-likeness (QED) is 0.677. The van der Waals surface area contributed by atoms with Gasteiger partial charge in [0.05, 0.1) is 18.8 Å². The number of ether oxygens (including phenoxy) is 1. The van der Waals surface area contributed by atoms with Crippen LogP contribution in [0.1, 0.15) is 26.7 Å². The van der Waals surface area contributed by atoms with E-state index >= 15 is 0 Å². The smallest absolute Gasteiger partial charge is 0.311 e. The molecular weight excluding hydrogens is 298 g/mol. The molecule has 2 aliphatic heterocycles. The monoisotopic (exact) mass is 327 g/mol. The molecule has 7 heteroatoms. The van der Waals surface area contributed by atoms with Gasteiger partial charge in [-0.2, -0.15) is 0 Å². The Labute approximate surface area is 138 Å². The third-order valence-corrected chi connectivity index (χ3v) is 4.56. The van der Waals surface area contributed by atoms with Gasteiger partial charge >= 0.3 is 11.8 Å². The zero-order valence-corrected chi connectivity index (χ0v) is 14.2. The van der Waals surface area contributed by atoms with Crippen LogP contribution < -0.4 is 5.32 Å². The predicted octanol–water partition coefficient (Wildman–Crippen LogP) is -0.556. The summed E-state index contributed by atoms with van der Waals surface area (Å²) in [5.41, 5.74) is -1.07. The van der Waals surface area contributed by atoms with Gasteiger partial charge < -0.3 is 20.1 Å². The highest BCUT2D eigenvalue weighted by Gasteiger charge is 2.29. The van der Waals surface area contributed by atoms with Crippen molar-refractivity contribution in [1.29, 1.82) is 0 Å². The maximum atomic E-state index is 12.1. The third-order valence-electron chi connectivity index (χ3n) is 4.56. The van der Waals surface area contributed by atoms with E-state index in [0.717, 1.165) is 25.9 Å². The number of piperidine rings is 1. The lowest BCUT2D eigenvalue weighted by Gasteiger charge is -2.34. The van der Waals surface area contributed by atoms with Gasteiger partial charge in [-0.05, 0) is 25.7 Å². The van der Waals surface area contributed by atoms with Gasteiger partial charge in [-0.25, -0.2) is 0 Å². The van der Waals surface area contributed by atoms with E-state index in [9.17, 15) is 14.7 Å². The highest BCUT2D eigenvalue weighted by molar-refractivity contribution is 6.35. The molecule has 0 aromatic rings. The molecule has 1 unspecified atom stereocenters. The van der Waals surface area contributed by atoms with Crippen LogP contribution >= 0.6 is 0 Å². The number of likely N-dealkylation sites (tertiary alicyclic amines) is 1. The molecule has 2 amide bonds. The second kappa shape index (κ2) is 8.08. The Morgan fingerprint density at radius 2 is 1.83 bits per heavy atom. The lowest BCUT2D eigenvalue weighted by atomic mass is 9.99. The summed E-state index contributed by atoms with van der Waals surface area (Å²) in [6, 6.07) is 0. The van der Waals surface area contributed by atoms with Gasteiger partial charge in [0.1, 0.15) is 0 Å². The van der Waals surface area contributed by atoms with E-state index in [4.69, 9.17) is 4.74 Å². The molecule has 2 rings (SSSR count). The Morgan fingerprint density at radius 3 is 2.43 bits per heavy atom. The number of β-amino-alcohol motifs (C(OH)–C–C–N with tert-alkyl or cyclic N) is 1. The van der Waals surface area contributed by atoms with Gasteiger partial charge in [-0.1, -0.05) is 6.92 Å². The Kier molecular flexibility index (Phi) is 6.38. The predicted molar refractivity (Wildman–Crippen MR) is 85.9 cm³/mol. The van der Waals surface area contributed by atoms with Crippen LogP contribution in [-0.4, -0.2) is 84.8 Å². The Hall–Kier alpha value is -1.18. The SMILES string of the molecule is CC1CCN(C(=O)C(=O)NCC(C)(O)CN2CCOCC2)CC1. The van der Waals surface area contributed by atoms with Crippen LogP contribution in [0.5, 0.6) is 0 Å². The number of morpholine rings is 1. The van der Waals surface area contributed by atoms with Crippen LogP contribution in [0.15, 0.2) is 0 Å². The summed E-state index contributed by atoms with van der Waals surface area (Å²) in [6.07, 6.45) is 1.88. The first-order chi connectivity index (χ1) is 10.9. The number of hydrogen-bond acceptors (Lipinski definition) is 5. The van der Waals surface area contributed by atoms with Crippen molar-refractivity contribution in [3.63, 3.8) is 0 Å². The van der Waals surface area contributed by atoms with E-state index in [0.29, 0.717) is 38.8 Å². The molecule has 0 bridgehead atoms. The number of rotatable bonds is 4. The summed E-state index contributed by atoms with van der Waals surface area (Å²) in [7, 11) is 0. The summed E-state index contributed by atoms with van der Waals surface area (Å²) >= 11 is 0. The lowest BCUT2D eigenvalue weighted by molar-refractivity contribution is -0.147. The van der Waals surface area contributed by atoms with Crippen LogP contribution in [0.4, 0.5) is 0 Å². The summed E-state index contributed by atoms with van der Waals surface area (Å²) in [5, 5.41) is 13.0. The molecule has 7 nitrogen and oxygen atoms in total. The van der Waals surface area contributed by atoms with Crippen molar-refractivity contribution in [2.45, 2.75) is 32.3 Å². The van der Waals surface area contributed by atoms with E-state index in [1.165, 1.54) is 0 Å². The molecule has 0 aromatic heterocycles. The normalized spacial score (nSPS) is 23.3. The van der Waals surface area contributed by atoms with Crippen molar-refractivity contribution in [1.82, 2.24) is 15.1 Å². The van der Waals surface area contributed by atoms with Gasteiger partial charge in [0.15, 0.2) is 0 Å². The minimum Gasteiger partial charge on any atom is -0.387 e. The molecule has 2 fully saturated rings. The number of hydrogen-bond donors (Lipinski definition) is 2. The number of nitrogens with zero attached hydrogens (tertiary/aromatic N) is 2. The van der Waals surface area contributed by atoms with Crippen molar-refractivity contribution in [2.75, 3.05) is 52.5 Å². The average molecular weight is 327 g/mol. The molecule has 2 heterocycles. The molecule has 0 aliphatic carbocycles. The van der Waals surface area contributed by atoms with E-state index in [2.05, 4.69) is 17.1 Å². The number of aliphatic hydroxyl groups is 1. The third kappa shape index (κ3) is 5.75. The van der Waals surface area contributed by atoms with E-state index in [-0.39, 0.29) is 6.54 Å². The maximum Gasteiger partial charge on any atom is 0.311 e. The summed E-state index contributed by atoms with van der Waals surface area (Å²) in [4.78, 5) is 27.8. The minimum atomic E-state index is -1.07. The van der Waals surface area contributed by atoms with Crippen molar-refractivity contribution in [2.24, 2.45) is 5.92 Å². The molecule has 2 saturated heterocycles. The van der Waals surface area contributed by atoms with Crippen molar-refractivity contribution in [3.8, 4) is 0 Å². The van der Waals surface area contributed by atoms with Crippen LogP contribution in [-0.2, 0) is 14.3 Å². The Balaban J connectivity index is 1.74. The molecule has 0 aromatic carbocycles. The van der Waals surface area contributed by atoms with Gasteiger partial charge in [-0.15, -0.1) is 0 Å². The average Bonchev–Trinajstić information content (AvgIpc) is 2.53. The van der Waals surface area contributed by atoms with Gasteiger partial charge in [-0.3, -0.25) is 14.5 Å². The molecule has 1 atom stereocenters. The molecule has 0 spiro atoms. The first kappa shape index (κ1) is 18.2. The van der Waals surface area contributed by atoms with Crippen LogP contribution in [0.3, 0.4) is 0 Å². The zero-order valence-electron chi connectivity index (χ0n) is 14.2. The minimum absolute atomic E-state index is 0.0686. The zero-order chi connectivity index (χ0) is 16.9. The molecule has 23 heavy (non-hydrogen) atoms. The largest absolute Gasteiger partial charge is 0.387 e. The first-order valence-electron chi connectivity index (χ1n) is 8.47. The highest BCUT2D eigenvalue weighted by Crippen LogP contribution is 2.16. The standard InChI is InChI=1S/C16H29N3O4/c1-13-3-5-19(6-4-13)15(21)14(20)17-11-16(2,22)12-18-7-9-23-10-8-18/h13,22H,3-12H2,1-2H3,(H,17,20). The van der Waals surface area contributed by atoms with Crippen molar-refractivity contribution < 1.29 is 19.4 Å². The van der Waals surface area contributed by atoms with E-state index in [1.807, 2.05) is 0 Å². The molecule has 0 radical (unpaired) electrons. The number of carbonyl (C=O) groups excluding carboxylic acids is 2. The lowest BCUT2D eigenvalue weighted by Crippen LogP contribution is -2.53. The fraction of sp³-hybridized carbons (Fsp3) is 0.875. The number of amides is 2. The fourth-order valence-corrected chi connectivity index (χ4v) is 3.00. The number of carbonyl (C=O) groups is 2. The second-order valence-electron chi connectivity index (χ2n) is 7.04. The first-order valence-corrected chi connectivity index (χ1v) is 8.47.